The van der Waals surface area contributed by atoms with Gasteiger partial charge in [0.1, 0.15) is 0 Å². The third kappa shape index (κ3) is 2.20. The Morgan fingerprint density at radius 2 is 1.39 bits per heavy atom. The molecule has 0 saturated heterocycles. The van der Waals surface area contributed by atoms with Gasteiger partial charge in [-0.3, -0.25) is 0 Å². The van der Waals surface area contributed by atoms with Crippen molar-refractivity contribution in [3.63, 3.8) is 0 Å². The molecule has 0 nitrogen and oxygen atoms in total. The zero-order valence-corrected chi connectivity index (χ0v) is 10.8. The van der Waals surface area contributed by atoms with E-state index in [4.69, 9.17) is 0 Å². The Kier molecular flexibility index (Phi) is 3.19. The molecule has 0 heteroatoms. The van der Waals surface area contributed by atoms with E-state index in [1.54, 1.807) is 5.56 Å². The van der Waals surface area contributed by atoms with E-state index in [0.29, 0.717) is 5.41 Å². The first-order valence-electron chi connectivity index (χ1n) is 6.99. The van der Waals surface area contributed by atoms with Gasteiger partial charge in [-0.15, -0.1) is 0 Å². The van der Waals surface area contributed by atoms with E-state index in [2.05, 4.69) is 60.7 Å². The molecule has 0 atom stereocenters. The highest BCUT2D eigenvalue weighted by atomic mass is 14.4. The van der Waals surface area contributed by atoms with Crippen LogP contribution in [0.3, 0.4) is 0 Å². The van der Waals surface area contributed by atoms with Gasteiger partial charge in [-0.25, -0.2) is 0 Å². The fourth-order valence-electron chi connectivity index (χ4n) is 3.11. The number of hydrogen-bond donors (Lipinski definition) is 0. The third-order valence-electron chi connectivity index (χ3n) is 4.43. The highest BCUT2D eigenvalue weighted by Gasteiger charge is 2.37. The minimum atomic E-state index is 0.469. The Labute approximate surface area is 110 Å². The zero-order chi connectivity index (χ0) is 12.3. The lowest BCUT2D eigenvalue weighted by Gasteiger charge is -2.43. The smallest absolute Gasteiger partial charge is 0.00438 e. The fourth-order valence-corrected chi connectivity index (χ4v) is 3.11. The Morgan fingerprint density at radius 1 is 0.778 bits per heavy atom. The topological polar surface area (TPSA) is 0 Å². The molecule has 0 radical (unpaired) electrons. The van der Waals surface area contributed by atoms with Crippen LogP contribution in [0.2, 0.25) is 0 Å². The summed E-state index contributed by atoms with van der Waals surface area (Å²) in [5.41, 5.74) is 3.49. The van der Waals surface area contributed by atoms with Crippen molar-refractivity contribution in [1.82, 2.24) is 0 Å². The Morgan fingerprint density at radius 3 is 1.94 bits per heavy atom. The average Bonchev–Trinajstić information content (AvgIpc) is 2.40. The van der Waals surface area contributed by atoms with E-state index < -0.39 is 0 Å². The van der Waals surface area contributed by atoms with Gasteiger partial charge in [0.25, 0.3) is 0 Å². The van der Waals surface area contributed by atoms with Crippen molar-refractivity contribution in [1.29, 1.82) is 0 Å². The summed E-state index contributed by atoms with van der Waals surface area (Å²) in [6, 6.07) is 22.0. The number of aryl methyl sites for hydroxylation is 1. The minimum absolute atomic E-state index is 0.469. The zero-order valence-electron chi connectivity index (χ0n) is 10.8. The molecule has 1 fully saturated rings. The molecule has 0 bridgehead atoms. The van der Waals surface area contributed by atoms with Crippen LogP contribution in [0.15, 0.2) is 60.7 Å². The van der Waals surface area contributed by atoms with Crippen LogP contribution in [-0.4, -0.2) is 0 Å². The molecule has 0 unspecified atom stereocenters. The van der Waals surface area contributed by atoms with E-state index in [-0.39, 0.29) is 0 Å². The predicted molar refractivity (Wildman–Crippen MR) is 76.7 cm³/mol. The van der Waals surface area contributed by atoms with E-state index in [1.807, 2.05) is 0 Å². The van der Waals surface area contributed by atoms with Crippen LogP contribution in [-0.2, 0) is 11.8 Å². The second-order valence-corrected chi connectivity index (χ2v) is 5.49. The number of rotatable bonds is 4. The van der Waals surface area contributed by atoms with E-state index in [0.717, 1.165) is 0 Å². The molecule has 0 aromatic heterocycles. The van der Waals surface area contributed by atoms with Crippen molar-refractivity contribution in [2.75, 3.05) is 0 Å². The Balaban J connectivity index is 1.74. The van der Waals surface area contributed by atoms with Crippen LogP contribution < -0.4 is 0 Å². The van der Waals surface area contributed by atoms with Gasteiger partial charge >= 0.3 is 0 Å². The first-order valence-corrected chi connectivity index (χ1v) is 6.99. The normalized spacial score (nSPS) is 17.1. The van der Waals surface area contributed by atoms with Crippen molar-refractivity contribution in [3.05, 3.63) is 71.8 Å². The van der Waals surface area contributed by atoms with E-state index in [9.17, 15) is 0 Å². The van der Waals surface area contributed by atoms with Crippen LogP contribution in [0.25, 0.3) is 0 Å². The summed E-state index contributed by atoms with van der Waals surface area (Å²) in [4.78, 5) is 0. The highest BCUT2D eigenvalue weighted by molar-refractivity contribution is 5.28. The lowest BCUT2D eigenvalue weighted by molar-refractivity contribution is 0.226. The first-order chi connectivity index (χ1) is 8.89. The molecule has 92 valence electrons. The van der Waals surface area contributed by atoms with Crippen LogP contribution >= 0.6 is 0 Å². The van der Waals surface area contributed by atoms with Gasteiger partial charge in [-0.1, -0.05) is 67.1 Å². The van der Waals surface area contributed by atoms with Crippen molar-refractivity contribution < 1.29 is 0 Å². The van der Waals surface area contributed by atoms with Gasteiger partial charge in [-0.05, 0) is 42.2 Å². The van der Waals surface area contributed by atoms with Gasteiger partial charge in [-0.2, -0.15) is 0 Å². The van der Waals surface area contributed by atoms with Gasteiger partial charge in [0.15, 0.2) is 0 Å². The summed E-state index contributed by atoms with van der Waals surface area (Å²) < 4.78 is 0. The summed E-state index contributed by atoms with van der Waals surface area (Å²) in [6.45, 7) is 0. The maximum atomic E-state index is 2.31. The maximum absolute atomic E-state index is 2.31. The van der Waals surface area contributed by atoms with Gasteiger partial charge in [0.2, 0.25) is 0 Å². The fraction of sp³-hybridized carbons (Fsp3) is 0.333. The lowest BCUT2D eigenvalue weighted by atomic mass is 9.62. The van der Waals surface area contributed by atoms with E-state index >= 15 is 0 Å². The molecule has 0 N–H and O–H groups in total. The number of hydrogen-bond acceptors (Lipinski definition) is 0. The maximum Gasteiger partial charge on any atom is -0.00438 e. The largest absolute Gasteiger partial charge is 0.0622 e. The van der Waals surface area contributed by atoms with Gasteiger partial charge in [0, 0.05) is 0 Å². The quantitative estimate of drug-likeness (QED) is 0.719. The molecule has 18 heavy (non-hydrogen) atoms. The average molecular weight is 236 g/mol. The molecule has 2 aromatic rings. The summed E-state index contributed by atoms with van der Waals surface area (Å²) >= 11 is 0. The summed E-state index contributed by atoms with van der Waals surface area (Å²) in [5.74, 6) is 0. The van der Waals surface area contributed by atoms with Crippen LogP contribution in [0.5, 0.6) is 0 Å². The second kappa shape index (κ2) is 4.97. The Hall–Kier alpha value is -1.56. The van der Waals surface area contributed by atoms with Gasteiger partial charge < -0.3 is 0 Å². The van der Waals surface area contributed by atoms with Crippen molar-refractivity contribution >= 4 is 0 Å². The van der Waals surface area contributed by atoms with E-state index in [1.165, 1.54) is 37.7 Å². The molecule has 0 aliphatic heterocycles. The SMILES string of the molecule is c1ccc(CCC2(c3ccccc3)CCC2)cc1. The molecule has 1 aliphatic rings. The predicted octanol–water partition coefficient (Wildman–Crippen LogP) is 4.74. The molecule has 1 aliphatic carbocycles. The standard InChI is InChI=1S/C18H20/c1-3-8-16(9-4-1)12-15-18(13-7-14-18)17-10-5-2-6-11-17/h1-6,8-11H,7,12-15H2. The molecule has 3 rings (SSSR count). The van der Waals surface area contributed by atoms with Crippen molar-refractivity contribution in [2.24, 2.45) is 0 Å². The molecule has 0 amide bonds. The molecule has 1 saturated carbocycles. The highest BCUT2D eigenvalue weighted by Crippen LogP contribution is 2.46. The van der Waals surface area contributed by atoms with Crippen LogP contribution in [0.1, 0.15) is 36.8 Å². The molecule has 0 spiro atoms. The van der Waals surface area contributed by atoms with Gasteiger partial charge in [0.05, 0.1) is 0 Å². The number of benzene rings is 2. The summed E-state index contributed by atoms with van der Waals surface area (Å²) in [5, 5.41) is 0. The summed E-state index contributed by atoms with van der Waals surface area (Å²) in [7, 11) is 0. The lowest BCUT2D eigenvalue weighted by Crippen LogP contribution is -2.34. The monoisotopic (exact) mass is 236 g/mol. The van der Waals surface area contributed by atoms with Crippen LogP contribution in [0, 0.1) is 0 Å². The second-order valence-electron chi connectivity index (χ2n) is 5.49. The minimum Gasteiger partial charge on any atom is -0.0622 e. The summed E-state index contributed by atoms with van der Waals surface area (Å²) in [6.07, 6.45) is 6.62. The third-order valence-corrected chi connectivity index (χ3v) is 4.43. The molecular weight excluding hydrogens is 216 g/mol. The molecular formula is C18H20. The van der Waals surface area contributed by atoms with Crippen LogP contribution in [0.4, 0.5) is 0 Å². The molecule has 0 heterocycles. The molecule has 2 aromatic carbocycles. The Bertz CT molecular complexity index is 480. The van der Waals surface area contributed by atoms with Crippen molar-refractivity contribution in [2.45, 2.75) is 37.5 Å². The van der Waals surface area contributed by atoms with Crippen molar-refractivity contribution in [3.8, 4) is 0 Å². The first kappa shape index (κ1) is 11.5.